The zero-order chi connectivity index (χ0) is 12.7. The summed E-state index contributed by atoms with van der Waals surface area (Å²) >= 11 is 0. The first-order valence-electron chi connectivity index (χ1n) is 5.10. The molecule has 5 heteroatoms. The lowest BCUT2D eigenvalue weighted by atomic mass is 10.1. The number of fused-ring (bicyclic) bond motifs is 3. The molecule has 1 aromatic carbocycles. The first-order chi connectivity index (χ1) is 8.70. The van der Waals surface area contributed by atoms with Gasteiger partial charge < -0.3 is 8.83 Å². The molecule has 0 aliphatic heterocycles. The highest BCUT2D eigenvalue weighted by molar-refractivity contribution is 6.00. The number of para-hydroxylation sites is 1. The summed E-state index contributed by atoms with van der Waals surface area (Å²) < 4.78 is 10.1. The van der Waals surface area contributed by atoms with Gasteiger partial charge in [0.1, 0.15) is 22.6 Å². The highest BCUT2D eigenvalue weighted by Gasteiger charge is 2.12. The van der Waals surface area contributed by atoms with Crippen LogP contribution in [0.1, 0.15) is 5.56 Å². The normalized spacial score (nSPS) is 10.6. The third-order valence-electron chi connectivity index (χ3n) is 2.62. The molecule has 0 bridgehead atoms. The Balaban J connectivity index is 2.67. The predicted octanol–water partition coefficient (Wildman–Crippen LogP) is 1.77. The fraction of sp³-hybridized carbons (Fsp3) is 0. The molecule has 0 amide bonds. The molecule has 0 spiro atoms. The summed E-state index contributed by atoms with van der Waals surface area (Å²) in [5.41, 5.74) is -1.14. The van der Waals surface area contributed by atoms with Crippen molar-refractivity contribution in [2.75, 3.05) is 0 Å². The lowest BCUT2D eigenvalue weighted by Crippen LogP contribution is -2.08. The summed E-state index contributed by atoms with van der Waals surface area (Å²) in [5, 5.41) is 9.35. The molecule has 2 heterocycles. The lowest BCUT2D eigenvalue weighted by Gasteiger charge is -2.00. The van der Waals surface area contributed by atoms with E-state index < -0.39 is 11.3 Å². The van der Waals surface area contributed by atoms with Crippen LogP contribution in [0.4, 0.5) is 0 Å². The van der Waals surface area contributed by atoms with Gasteiger partial charge in [-0.2, -0.15) is 5.26 Å². The van der Waals surface area contributed by atoms with Gasteiger partial charge in [-0.15, -0.1) is 0 Å². The second-order valence-electron chi connectivity index (χ2n) is 3.69. The SMILES string of the molecule is N#Cc1cc2c(=O)oc3ccccc3c2oc1=O. The third-order valence-corrected chi connectivity index (χ3v) is 2.62. The van der Waals surface area contributed by atoms with Crippen molar-refractivity contribution in [2.24, 2.45) is 0 Å². The first-order valence-corrected chi connectivity index (χ1v) is 5.10. The van der Waals surface area contributed by atoms with Crippen LogP contribution >= 0.6 is 0 Å². The Morgan fingerprint density at radius 3 is 2.56 bits per heavy atom. The molecule has 5 nitrogen and oxygen atoms in total. The number of nitrogens with zero attached hydrogens (tertiary/aromatic N) is 1. The Kier molecular flexibility index (Phi) is 2.04. The van der Waals surface area contributed by atoms with Gasteiger partial charge in [0.05, 0.1) is 5.39 Å². The molecular weight excluding hydrogens is 234 g/mol. The molecule has 0 aliphatic carbocycles. The average molecular weight is 239 g/mol. The Hall–Kier alpha value is -2.87. The van der Waals surface area contributed by atoms with Gasteiger partial charge in [-0.05, 0) is 18.2 Å². The van der Waals surface area contributed by atoms with Crippen LogP contribution in [0, 0.1) is 11.3 Å². The van der Waals surface area contributed by atoms with Crippen LogP contribution < -0.4 is 11.3 Å². The number of nitriles is 1. The summed E-state index contributed by atoms with van der Waals surface area (Å²) in [4.78, 5) is 23.2. The Morgan fingerprint density at radius 2 is 1.78 bits per heavy atom. The number of hydrogen-bond donors (Lipinski definition) is 0. The first kappa shape index (κ1) is 10.3. The molecular formula is C13H5NO4. The molecule has 0 aliphatic rings. The second-order valence-corrected chi connectivity index (χ2v) is 3.69. The quantitative estimate of drug-likeness (QED) is 0.441. The third kappa shape index (κ3) is 1.33. The molecule has 0 saturated heterocycles. The molecule has 3 aromatic rings. The van der Waals surface area contributed by atoms with E-state index in [1.165, 1.54) is 6.07 Å². The molecule has 0 radical (unpaired) electrons. The van der Waals surface area contributed by atoms with Gasteiger partial charge in [-0.3, -0.25) is 0 Å². The summed E-state index contributed by atoms with van der Waals surface area (Å²) in [5.74, 6) is 0. The topological polar surface area (TPSA) is 84.2 Å². The van der Waals surface area contributed by atoms with Crippen LogP contribution in [-0.4, -0.2) is 0 Å². The van der Waals surface area contributed by atoms with Crippen molar-refractivity contribution < 1.29 is 8.83 Å². The van der Waals surface area contributed by atoms with Gasteiger partial charge in [0.2, 0.25) is 0 Å². The number of hydrogen-bond acceptors (Lipinski definition) is 5. The number of benzene rings is 1. The molecule has 0 fully saturated rings. The van der Waals surface area contributed by atoms with Crippen molar-refractivity contribution in [2.45, 2.75) is 0 Å². The maximum absolute atomic E-state index is 11.7. The Morgan fingerprint density at radius 1 is 1.00 bits per heavy atom. The van der Waals surface area contributed by atoms with Crippen LogP contribution in [0.2, 0.25) is 0 Å². The smallest absolute Gasteiger partial charge is 0.354 e. The Labute approximate surface area is 99.5 Å². The van der Waals surface area contributed by atoms with Gasteiger partial charge in [0.25, 0.3) is 0 Å². The van der Waals surface area contributed by atoms with Crippen LogP contribution in [0.5, 0.6) is 0 Å². The minimum atomic E-state index is -0.763. The molecule has 0 saturated carbocycles. The monoisotopic (exact) mass is 239 g/mol. The number of rotatable bonds is 0. The van der Waals surface area contributed by atoms with Gasteiger partial charge in [-0.1, -0.05) is 12.1 Å². The van der Waals surface area contributed by atoms with Crippen molar-refractivity contribution in [1.29, 1.82) is 5.26 Å². The average Bonchev–Trinajstić information content (AvgIpc) is 2.38. The van der Waals surface area contributed by atoms with E-state index in [-0.39, 0.29) is 16.5 Å². The van der Waals surface area contributed by atoms with Gasteiger partial charge >= 0.3 is 11.3 Å². The molecule has 0 N–H and O–H groups in total. The Bertz CT molecular complexity index is 928. The summed E-state index contributed by atoms with van der Waals surface area (Å²) in [6.07, 6.45) is 0. The van der Waals surface area contributed by atoms with Gasteiger partial charge in [-0.25, -0.2) is 9.59 Å². The van der Waals surface area contributed by atoms with Crippen molar-refractivity contribution in [3.05, 3.63) is 56.7 Å². The van der Waals surface area contributed by atoms with E-state index in [1.54, 1.807) is 30.3 Å². The molecule has 2 aromatic heterocycles. The summed E-state index contributed by atoms with van der Waals surface area (Å²) in [6.45, 7) is 0. The van der Waals surface area contributed by atoms with Crippen molar-refractivity contribution in [3.8, 4) is 6.07 Å². The fourth-order valence-corrected chi connectivity index (χ4v) is 1.80. The molecule has 86 valence electrons. The summed E-state index contributed by atoms with van der Waals surface area (Å²) in [7, 11) is 0. The minimum absolute atomic E-state index is 0.0878. The maximum atomic E-state index is 11.7. The van der Waals surface area contributed by atoms with Crippen molar-refractivity contribution in [1.82, 2.24) is 0 Å². The lowest BCUT2D eigenvalue weighted by molar-refractivity contribution is 0.541. The zero-order valence-corrected chi connectivity index (χ0v) is 8.97. The fourth-order valence-electron chi connectivity index (χ4n) is 1.80. The molecule has 3 rings (SSSR count). The van der Waals surface area contributed by atoms with Crippen LogP contribution in [0.3, 0.4) is 0 Å². The van der Waals surface area contributed by atoms with E-state index in [4.69, 9.17) is 14.1 Å². The van der Waals surface area contributed by atoms with Crippen LogP contribution in [-0.2, 0) is 0 Å². The molecule has 0 atom stereocenters. The second kappa shape index (κ2) is 3.57. The standard InChI is InChI=1S/C13H5NO4/c14-6-7-5-9-11(18-12(7)15)8-3-1-2-4-10(8)17-13(9)16/h1-5H. The van der Waals surface area contributed by atoms with Crippen LogP contribution in [0.15, 0.2) is 48.8 Å². The van der Waals surface area contributed by atoms with E-state index in [0.29, 0.717) is 11.0 Å². The van der Waals surface area contributed by atoms with E-state index in [1.807, 2.05) is 0 Å². The van der Waals surface area contributed by atoms with E-state index in [9.17, 15) is 9.59 Å². The van der Waals surface area contributed by atoms with Gasteiger partial charge in [0, 0.05) is 0 Å². The van der Waals surface area contributed by atoms with E-state index in [0.717, 1.165) is 0 Å². The predicted molar refractivity (Wildman–Crippen MR) is 63.2 cm³/mol. The molecule has 18 heavy (non-hydrogen) atoms. The van der Waals surface area contributed by atoms with Gasteiger partial charge in [0.15, 0.2) is 5.58 Å². The largest absolute Gasteiger partial charge is 0.422 e. The maximum Gasteiger partial charge on any atom is 0.354 e. The van der Waals surface area contributed by atoms with E-state index in [2.05, 4.69) is 0 Å². The summed E-state index contributed by atoms with van der Waals surface area (Å²) in [6, 6.07) is 9.59. The highest BCUT2D eigenvalue weighted by atomic mass is 16.4. The zero-order valence-electron chi connectivity index (χ0n) is 8.97. The van der Waals surface area contributed by atoms with Crippen molar-refractivity contribution >= 4 is 21.9 Å². The van der Waals surface area contributed by atoms with Crippen LogP contribution in [0.25, 0.3) is 21.9 Å². The van der Waals surface area contributed by atoms with Crippen molar-refractivity contribution in [3.63, 3.8) is 0 Å². The minimum Gasteiger partial charge on any atom is -0.422 e. The molecule has 0 unspecified atom stereocenters. The van der Waals surface area contributed by atoms with E-state index >= 15 is 0 Å². The highest BCUT2D eigenvalue weighted by Crippen LogP contribution is 2.21.